The Bertz CT molecular complexity index is 634. The second-order valence-electron chi connectivity index (χ2n) is 4.75. The minimum absolute atomic E-state index is 0.0876. The number of benzene rings is 1. The summed E-state index contributed by atoms with van der Waals surface area (Å²) < 4.78 is 7.47. The molecule has 104 valence electrons. The summed E-state index contributed by atoms with van der Waals surface area (Å²) in [5.41, 5.74) is 2.90. The summed E-state index contributed by atoms with van der Waals surface area (Å²) in [4.78, 5) is 11.3. The molecule has 0 unspecified atom stereocenters. The third-order valence-electron chi connectivity index (χ3n) is 3.29. The van der Waals surface area contributed by atoms with E-state index in [2.05, 4.69) is 40.6 Å². The molecule has 0 radical (unpaired) electrons. The molecule has 2 heterocycles. The number of aryl methyl sites for hydroxylation is 1. The molecule has 1 aliphatic rings. The lowest BCUT2D eigenvalue weighted by Gasteiger charge is -2.18. The maximum Gasteiger partial charge on any atom is 0.262 e. The highest BCUT2D eigenvalue weighted by atomic mass is 16.5. The van der Waals surface area contributed by atoms with Crippen molar-refractivity contribution >= 4 is 17.3 Å². The van der Waals surface area contributed by atoms with Gasteiger partial charge in [-0.2, -0.15) is 0 Å². The Labute approximate surface area is 117 Å². The maximum absolute atomic E-state index is 11.3. The minimum Gasteiger partial charge on any atom is -0.482 e. The van der Waals surface area contributed by atoms with Crippen molar-refractivity contribution in [1.82, 2.24) is 4.57 Å². The third-order valence-corrected chi connectivity index (χ3v) is 3.29. The molecule has 5 heteroatoms. The number of aromatic nitrogens is 1. The van der Waals surface area contributed by atoms with Gasteiger partial charge in [0, 0.05) is 31.2 Å². The summed E-state index contributed by atoms with van der Waals surface area (Å²) in [6, 6.07) is 7.81. The first-order valence-electron chi connectivity index (χ1n) is 6.70. The zero-order chi connectivity index (χ0) is 13.9. The molecule has 0 aliphatic carbocycles. The van der Waals surface area contributed by atoms with E-state index < -0.39 is 0 Å². The topological polar surface area (TPSA) is 55.3 Å². The van der Waals surface area contributed by atoms with Crippen molar-refractivity contribution in [3.05, 3.63) is 42.2 Å². The summed E-state index contributed by atoms with van der Waals surface area (Å²) >= 11 is 0. The summed E-state index contributed by atoms with van der Waals surface area (Å²) in [6.07, 6.45) is 4.19. The molecule has 0 bridgehead atoms. The first-order chi connectivity index (χ1) is 9.74. The van der Waals surface area contributed by atoms with Gasteiger partial charge >= 0.3 is 0 Å². The number of anilines is 2. The minimum atomic E-state index is -0.116. The Morgan fingerprint density at radius 3 is 3.10 bits per heavy atom. The van der Waals surface area contributed by atoms with Crippen molar-refractivity contribution in [3.8, 4) is 5.75 Å². The van der Waals surface area contributed by atoms with Crippen LogP contribution in [0.4, 0.5) is 11.4 Å². The van der Waals surface area contributed by atoms with Gasteiger partial charge in [-0.25, -0.2) is 0 Å². The van der Waals surface area contributed by atoms with Crippen LogP contribution in [0.3, 0.4) is 0 Å². The molecule has 20 heavy (non-hydrogen) atoms. The Kier molecular flexibility index (Phi) is 3.33. The van der Waals surface area contributed by atoms with Gasteiger partial charge in [-0.05, 0) is 36.8 Å². The van der Waals surface area contributed by atoms with E-state index in [1.165, 1.54) is 5.56 Å². The van der Waals surface area contributed by atoms with Crippen molar-refractivity contribution < 1.29 is 9.53 Å². The lowest BCUT2D eigenvalue weighted by molar-refractivity contribution is -0.118. The first-order valence-corrected chi connectivity index (χ1v) is 6.70. The van der Waals surface area contributed by atoms with E-state index in [-0.39, 0.29) is 12.5 Å². The van der Waals surface area contributed by atoms with E-state index in [0.717, 1.165) is 24.5 Å². The normalized spacial score (nSPS) is 13.3. The van der Waals surface area contributed by atoms with Gasteiger partial charge in [0.1, 0.15) is 5.75 Å². The van der Waals surface area contributed by atoms with E-state index in [0.29, 0.717) is 5.75 Å². The molecule has 0 saturated heterocycles. The summed E-state index contributed by atoms with van der Waals surface area (Å²) in [7, 11) is 0. The second kappa shape index (κ2) is 5.28. The van der Waals surface area contributed by atoms with Crippen LogP contribution in [0, 0.1) is 0 Å². The number of nitrogens with one attached hydrogen (secondary N) is 2. The van der Waals surface area contributed by atoms with Crippen LogP contribution in [0.2, 0.25) is 0 Å². The number of fused-ring (bicyclic) bond motifs is 1. The monoisotopic (exact) mass is 271 g/mol. The van der Waals surface area contributed by atoms with Gasteiger partial charge in [-0.15, -0.1) is 0 Å². The number of ether oxygens (including phenoxy) is 1. The molecule has 0 fully saturated rings. The van der Waals surface area contributed by atoms with Crippen LogP contribution in [0.25, 0.3) is 0 Å². The number of rotatable bonds is 4. The van der Waals surface area contributed by atoms with Crippen LogP contribution in [0.1, 0.15) is 12.5 Å². The number of nitrogens with zero attached hydrogens (tertiary/aromatic N) is 1. The van der Waals surface area contributed by atoms with E-state index in [1.807, 2.05) is 18.2 Å². The molecule has 3 rings (SSSR count). The van der Waals surface area contributed by atoms with Gasteiger partial charge in [0.2, 0.25) is 0 Å². The van der Waals surface area contributed by atoms with Crippen LogP contribution in [0.5, 0.6) is 5.75 Å². The van der Waals surface area contributed by atoms with Crippen molar-refractivity contribution in [2.45, 2.75) is 20.0 Å². The van der Waals surface area contributed by atoms with Crippen LogP contribution in [-0.2, 0) is 17.9 Å². The Balaban J connectivity index is 1.68. The molecule has 1 aromatic heterocycles. The zero-order valence-corrected chi connectivity index (χ0v) is 11.3. The zero-order valence-electron chi connectivity index (χ0n) is 11.3. The van der Waals surface area contributed by atoms with Gasteiger partial charge in [0.05, 0.1) is 5.69 Å². The van der Waals surface area contributed by atoms with Gasteiger partial charge in [-0.1, -0.05) is 0 Å². The molecule has 5 nitrogen and oxygen atoms in total. The lowest BCUT2D eigenvalue weighted by atomic mass is 10.2. The molecule has 0 spiro atoms. The highest BCUT2D eigenvalue weighted by molar-refractivity contribution is 5.96. The Morgan fingerprint density at radius 1 is 1.40 bits per heavy atom. The first kappa shape index (κ1) is 12.6. The van der Waals surface area contributed by atoms with Gasteiger partial charge in [0.15, 0.2) is 6.61 Å². The molecule has 1 aromatic carbocycles. The number of amides is 1. The number of hydrogen-bond acceptors (Lipinski definition) is 3. The standard InChI is InChI=1S/C15H17N3O2/c1-2-18-6-5-11(9-18)8-16-12-3-4-14-13(7-12)17-15(19)10-20-14/h3-7,9,16H,2,8,10H2,1H3,(H,17,19). The average Bonchev–Trinajstić information content (AvgIpc) is 2.92. The summed E-state index contributed by atoms with van der Waals surface area (Å²) in [5.74, 6) is 0.599. The van der Waals surface area contributed by atoms with Crippen LogP contribution in [-0.4, -0.2) is 17.1 Å². The fraction of sp³-hybridized carbons (Fsp3) is 0.267. The number of hydrogen-bond donors (Lipinski definition) is 2. The van der Waals surface area contributed by atoms with E-state index in [9.17, 15) is 4.79 Å². The average molecular weight is 271 g/mol. The molecular weight excluding hydrogens is 254 g/mol. The van der Waals surface area contributed by atoms with Crippen molar-refractivity contribution in [1.29, 1.82) is 0 Å². The van der Waals surface area contributed by atoms with Crippen molar-refractivity contribution in [2.24, 2.45) is 0 Å². The van der Waals surface area contributed by atoms with Crippen molar-refractivity contribution in [2.75, 3.05) is 17.2 Å². The quantitative estimate of drug-likeness (QED) is 0.898. The van der Waals surface area contributed by atoms with Crippen molar-refractivity contribution in [3.63, 3.8) is 0 Å². The van der Waals surface area contributed by atoms with E-state index in [1.54, 1.807) is 0 Å². The number of carbonyl (C=O) groups is 1. The largest absolute Gasteiger partial charge is 0.482 e. The fourth-order valence-corrected chi connectivity index (χ4v) is 2.19. The van der Waals surface area contributed by atoms with Gasteiger partial charge < -0.3 is 19.9 Å². The highest BCUT2D eigenvalue weighted by Gasteiger charge is 2.15. The van der Waals surface area contributed by atoms with Gasteiger partial charge in [-0.3, -0.25) is 4.79 Å². The Morgan fingerprint density at radius 2 is 2.30 bits per heavy atom. The summed E-state index contributed by atoms with van der Waals surface area (Å²) in [5, 5.41) is 6.15. The molecule has 1 aliphatic heterocycles. The fourth-order valence-electron chi connectivity index (χ4n) is 2.19. The molecule has 0 saturated carbocycles. The molecule has 1 amide bonds. The highest BCUT2D eigenvalue weighted by Crippen LogP contribution is 2.30. The van der Waals surface area contributed by atoms with E-state index >= 15 is 0 Å². The van der Waals surface area contributed by atoms with Crippen LogP contribution >= 0.6 is 0 Å². The summed E-state index contributed by atoms with van der Waals surface area (Å²) in [6.45, 7) is 3.93. The SMILES string of the molecule is CCn1ccc(CNc2ccc3c(c2)NC(=O)CO3)c1. The molecular formula is C15H17N3O2. The predicted molar refractivity (Wildman–Crippen MR) is 78.0 cm³/mol. The maximum atomic E-state index is 11.3. The second-order valence-corrected chi connectivity index (χ2v) is 4.75. The molecule has 0 atom stereocenters. The molecule has 2 aromatic rings. The predicted octanol–water partition coefficient (Wildman–Crippen LogP) is 2.45. The lowest BCUT2D eigenvalue weighted by Crippen LogP contribution is -2.25. The molecule has 2 N–H and O–H groups in total. The van der Waals surface area contributed by atoms with Crippen LogP contribution < -0.4 is 15.4 Å². The smallest absolute Gasteiger partial charge is 0.262 e. The Hall–Kier alpha value is -2.43. The van der Waals surface area contributed by atoms with E-state index in [4.69, 9.17) is 4.74 Å². The number of carbonyl (C=O) groups excluding carboxylic acids is 1. The third kappa shape index (κ3) is 2.61. The van der Waals surface area contributed by atoms with Gasteiger partial charge in [0.25, 0.3) is 5.91 Å². The van der Waals surface area contributed by atoms with Crippen LogP contribution in [0.15, 0.2) is 36.7 Å².